The number of sulfone groups is 1. The van der Waals surface area contributed by atoms with Crippen LogP contribution in [0.5, 0.6) is 0 Å². The van der Waals surface area contributed by atoms with Crippen molar-refractivity contribution in [2.45, 2.75) is 31.6 Å². The normalized spacial score (nSPS) is 14.9. The Hall–Kier alpha value is -2.71. The van der Waals surface area contributed by atoms with E-state index in [-0.39, 0.29) is 34.6 Å². The van der Waals surface area contributed by atoms with E-state index in [9.17, 15) is 18.0 Å². The van der Waals surface area contributed by atoms with E-state index in [0.29, 0.717) is 32.6 Å². The van der Waals surface area contributed by atoms with E-state index >= 15 is 0 Å². The topological polar surface area (TPSA) is 86.8 Å². The Bertz CT molecular complexity index is 1060. The molecule has 1 aliphatic heterocycles. The number of carbonyl (C=O) groups excluding carboxylic acids is 2. The standard InChI is InChI=1S/C24H31N3O4S/c1-3-17-32(30,31)22-12-8-6-10-20(22)24(29)27-15-13-26(14-16-27)18-23(28)25-21-11-7-5-9-19(21)4-2/h5-12H,3-4,13-18H2,1-2H3,(H,25,28). The molecule has 0 spiro atoms. The van der Waals surface area contributed by atoms with E-state index in [1.54, 1.807) is 30.0 Å². The number of para-hydroxylation sites is 1. The summed E-state index contributed by atoms with van der Waals surface area (Å²) < 4.78 is 25.2. The fourth-order valence-electron chi connectivity index (χ4n) is 3.92. The summed E-state index contributed by atoms with van der Waals surface area (Å²) in [6.45, 7) is 6.10. The third-order valence-electron chi connectivity index (χ3n) is 5.62. The maximum Gasteiger partial charge on any atom is 0.255 e. The molecule has 0 aromatic heterocycles. The lowest BCUT2D eigenvalue weighted by Gasteiger charge is -2.34. The predicted octanol–water partition coefficient (Wildman–Crippen LogP) is 2.83. The second-order valence-corrected chi connectivity index (χ2v) is 10.0. The van der Waals surface area contributed by atoms with E-state index in [1.165, 1.54) is 6.07 Å². The summed E-state index contributed by atoms with van der Waals surface area (Å²) in [6, 6.07) is 14.2. The van der Waals surface area contributed by atoms with Crippen molar-refractivity contribution in [1.29, 1.82) is 0 Å². The molecule has 0 radical (unpaired) electrons. The fraction of sp³-hybridized carbons (Fsp3) is 0.417. The molecule has 8 heteroatoms. The van der Waals surface area contributed by atoms with Crippen LogP contribution in [0.1, 0.15) is 36.2 Å². The SMILES string of the molecule is CCCS(=O)(=O)c1ccccc1C(=O)N1CCN(CC(=O)Nc2ccccc2CC)CC1. The van der Waals surface area contributed by atoms with Gasteiger partial charge in [-0.2, -0.15) is 0 Å². The number of amides is 2. The zero-order valence-electron chi connectivity index (χ0n) is 18.7. The van der Waals surface area contributed by atoms with Crippen LogP contribution in [0.2, 0.25) is 0 Å². The zero-order valence-corrected chi connectivity index (χ0v) is 19.5. The first kappa shape index (κ1) is 23.9. The van der Waals surface area contributed by atoms with Gasteiger partial charge in [0.2, 0.25) is 5.91 Å². The summed E-state index contributed by atoms with van der Waals surface area (Å²) >= 11 is 0. The van der Waals surface area contributed by atoms with Crippen LogP contribution in [-0.4, -0.2) is 68.5 Å². The average molecular weight is 458 g/mol. The lowest BCUT2D eigenvalue weighted by Crippen LogP contribution is -2.50. The molecule has 2 amide bonds. The van der Waals surface area contributed by atoms with Crippen molar-refractivity contribution in [1.82, 2.24) is 9.80 Å². The molecule has 0 bridgehead atoms. The second-order valence-electron chi connectivity index (χ2n) is 7.94. The predicted molar refractivity (Wildman–Crippen MR) is 126 cm³/mol. The van der Waals surface area contributed by atoms with Gasteiger partial charge in [-0.05, 0) is 36.6 Å². The largest absolute Gasteiger partial charge is 0.336 e. The van der Waals surface area contributed by atoms with Gasteiger partial charge in [0.05, 0.1) is 22.8 Å². The van der Waals surface area contributed by atoms with Gasteiger partial charge < -0.3 is 10.2 Å². The fourth-order valence-corrected chi connectivity index (χ4v) is 5.45. The maximum absolute atomic E-state index is 13.1. The van der Waals surface area contributed by atoms with Crippen LogP contribution in [0.15, 0.2) is 53.4 Å². The highest BCUT2D eigenvalue weighted by atomic mass is 32.2. The molecular formula is C24H31N3O4S. The number of rotatable bonds is 8. The Morgan fingerprint density at radius 3 is 2.28 bits per heavy atom. The molecule has 2 aromatic rings. The van der Waals surface area contributed by atoms with Crippen molar-refractivity contribution >= 4 is 27.3 Å². The second kappa shape index (κ2) is 10.7. The number of hydrogen-bond donors (Lipinski definition) is 1. The summed E-state index contributed by atoms with van der Waals surface area (Å²) in [7, 11) is -3.50. The highest BCUT2D eigenvalue weighted by Crippen LogP contribution is 2.21. The van der Waals surface area contributed by atoms with E-state index < -0.39 is 9.84 Å². The molecule has 7 nitrogen and oxygen atoms in total. The molecule has 172 valence electrons. The molecule has 3 rings (SSSR count). The Kier molecular flexibility index (Phi) is 8.04. The molecule has 1 heterocycles. The summed E-state index contributed by atoms with van der Waals surface area (Å²) in [5.74, 6) is -0.343. The van der Waals surface area contributed by atoms with Crippen LogP contribution in [0.3, 0.4) is 0 Å². The lowest BCUT2D eigenvalue weighted by molar-refractivity contribution is -0.117. The van der Waals surface area contributed by atoms with Crippen LogP contribution in [0, 0.1) is 0 Å². The van der Waals surface area contributed by atoms with Gasteiger partial charge in [0.1, 0.15) is 0 Å². The summed E-state index contributed by atoms with van der Waals surface area (Å²) in [5, 5.41) is 2.98. The average Bonchev–Trinajstić information content (AvgIpc) is 2.79. The Balaban J connectivity index is 1.59. The molecule has 0 atom stereocenters. The van der Waals surface area contributed by atoms with Gasteiger partial charge in [-0.3, -0.25) is 14.5 Å². The van der Waals surface area contributed by atoms with E-state index in [1.807, 2.05) is 36.1 Å². The minimum atomic E-state index is -3.50. The quantitative estimate of drug-likeness (QED) is 0.659. The molecule has 32 heavy (non-hydrogen) atoms. The van der Waals surface area contributed by atoms with Crippen molar-refractivity contribution in [3.05, 3.63) is 59.7 Å². The van der Waals surface area contributed by atoms with Crippen molar-refractivity contribution in [3.8, 4) is 0 Å². The van der Waals surface area contributed by atoms with E-state index in [0.717, 1.165) is 17.7 Å². The Labute approximate surface area is 190 Å². The maximum atomic E-state index is 13.1. The molecule has 1 N–H and O–H groups in total. The van der Waals surface area contributed by atoms with Crippen molar-refractivity contribution < 1.29 is 18.0 Å². The number of carbonyl (C=O) groups is 2. The smallest absolute Gasteiger partial charge is 0.255 e. The first-order valence-corrected chi connectivity index (χ1v) is 12.7. The number of nitrogens with one attached hydrogen (secondary N) is 1. The molecule has 1 aliphatic rings. The van der Waals surface area contributed by atoms with Gasteiger partial charge in [-0.25, -0.2) is 8.42 Å². The van der Waals surface area contributed by atoms with Gasteiger partial charge in [-0.15, -0.1) is 0 Å². The molecule has 0 unspecified atom stereocenters. The van der Waals surface area contributed by atoms with Crippen molar-refractivity contribution in [2.24, 2.45) is 0 Å². The van der Waals surface area contributed by atoms with Crippen molar-refractivity contribution in [3.63, 3.8) is 0 Å². The molecule has 1 saturated heterocycles. The minimum absolute atomic E-state index is 0.0152. The van der Waals surface area contributed by atoms with Crippen LogP contribution in [-0.2, 0) is 21.1 Å². The van der Waals surface area contributed by atoms with Crippen LogP contribution >= 0.6 is 0 Å². The molecule has 2 aromatic carbocycles. The minimum Gasteiger partial charge on any atom is -0.336 e. The van der Waals surface area contributed by atoms with Gasteiger partial charge in [0.25, 0.3) is 5.91 Å². The first-order chi connectivity index (χ1) is 15.4. The number of aryl methyl sites for hydroxylation is 1. The molecule has 1 fully saturated rings. The van der Waals surface area contributed by atoms with Crippen LogP contribution in [0.25, 0.3) is 0 Å². The zero-order chi connectivity index (χ0) is 23.1. The number of anilines is 1. The molecule has 0 saturated carbocycles. The third kappa shape index (κ3) is 5.75. The first-order valence-electron chi connectivity index (χ1n) is 11.1. The highest BCUT2D eigenvalue weighted by molar-refractivity contribution is 7.91. The number of hydrogen-bond acceptors (Lipinski definition) is 5. The summed E-state index contributed by atoms with van der Waals surface area (Å²) in [4.78, 5) is 29.4. The van der Waals surface area contributed by atoms with Crippen molar-refractivity contribution in [2.75, 3.05) is 43.8 Å². The van der Waals surface area contributed by atoms with Crippen LogP contribution < -0.4 is 5.32 Å². The third-order valence-corrected chi connectivity index (χ3v) is 7.60. The Morgan fingerprint density at radius 2 is 1.59 bits per heavy atom. The lowest BCUT2D eigenvalue weighted by atomic mass is 10.1. The monoisotopic (exact) mass is 457 g/mol. The highest BCUT2D eigenvalue weighted by Gasteiger charge is 2.27. The van der Waals surface area contributed by atoms with Gasteiger partial charge in [0.15, 0.2) is 9.84 Å². The summed E-state index contributed by atoms with van der Waals surface area (Å²) in [6.07, 6.45) is 1.33. The van der Waals surface area contributed by atoms with E-state index in [4.69, 9.17) is 0 Å². The van der Waals surface area contributed by atoms with Crippen LogP contribution in [0.4, 0.5) is 5.69 Å². The number of nitrogens with zero attached hydrogens (tertiary/aromatic N) is 2. The molecule has 0 aliphatic carbocycles. The Morgan fingerprint density at radius 1 is 0.938 bits per heavy atom. The number of piperazine rings is 1. The van der Waals surface area contributed by atoms with E-state index in [2.05, 4.69) is 5.32 Å². The molecular weight excluding hydrogens is 426 g/mol. The summed E-state index contributed by atoms with van der Waals surface area (Å²) in [5.41, 5.74) is 2.15. The van der Waals surface area contributed by atoms with Gasteiger partial charge in [0, 0.05) is 31.9 Å². The number of benzene rings is 2. The van der Waals surface area contributed by atoms with Gasteiger partial charge in [-0.1, -0.05) is 44.2 Å². The van der Waals surface area contributed by atoms with Gasteiger partial charge >= 0.3 is 0 Å².